The summed E-state index contributed by atoms with van der Waals surface area (Å²) >= 11 is 0. The summed E-state index contributed by atoms with van der Waals surface area (Å²) in [6.45, 7) is 0. The number of rotatable bonds is 3. The third kappa shape index (κ3) is 2.38. The topological polar surface area (TPSA) is 48.2 Å². The molecule has 1 heterocycles. The van der Waals surface area contributed by atoms with E-state index in [2.05, 4.69) is 10.1 Å². The molecule has 0 aliphatic carbocycles. The van der Waals surface area contributed by atoms with Crippen LogP contribution in [0.4, 0.5) is 4.39 Å². The molecule has 20 heavy (non-hydrogen) atoms. The van der Waals surface area contributed by atoms with Gasteiger partial charge in [-0.1, -0.05) is 11.2 Å². The molecule has 0 aliphatic heterocycles. The Bertz CT molecular complexity index is 723. The van der Waals surface area contributed by atoms with E-state index in [1.807, 2.05) is 24.3 Å². The largest absolute Gasteiger partial charge is 0.497 e. The Hall–Kier alpha value is -2.69. The van der Waals surface area contributed by atoms with Crippen LogP contribution in [0.15, 0.2) is 53.1 Å². The summed E-state index contributed by atoms with van der Waals surface area (Å²) in [5.74, 6) is 1.15. The van der Waals surface area contributed by atoms with Crippen molar-refractivity contribution in [3.8, 4) is 28.6 Å². The quantitative estimate of drug-likeness (QED) is 0.730. The average molecular weight is 270 g/mol. The Morgan fingerprint density at radius 2 is 1.85 bits per heavy atom. The minimum atomic E-state index is -0.341. The lowest BCUT2D eigenvalue weighted by Gasteiger charge is -1.98. The third-order valence-electron chi connectivity index (χ3n) is 2.85. The highest BCUT2D eigenvalue weighted by molar-refractivity contribution is 5.60. The number of halogens is 1. The van der Waals surface area contributed by atoms with E-state index in [1.165, 1.54) is 12.1 Å². The van der Waals surface area contributed by atoms with Crippen molar-refractivity contribution in [1.29, 1.82) is 0 Å². The fraction of sp³-hybridized carbons (Fsp3) is 0.0667. The van der Waals surface area contributed by atoms with Crippen LogP contribution < -0.4 is 4.74 Å². The molecule has 3 aromatic rings. The number of ether oxygens (including phenoxy) is 1. The Morgan fingerprint density at radius 1 is 1.05 bits per heavy atom. The number of hydrogen-bond acceptors (Lipinski definition) is 4. The molecule has 2 aromatic carbocycles. The summed E-state index contributed by atoms with van der Waals surface area (Å²) in [5, 5.41) is 3.90. The van der Waals surface area contributed by atoms with E-state index in [1.54, 1.807) is 19.2 Å². The van der Waals surface area contributed by atoms with Crippen molar-refractivity contribution in [2.75, 3.05) is 7.11 Å². The monoisotopic (exact) mass is 270 g/mol. The Balaban J connectivity index is 1.93. The average Bonchev–Trinajstić information content (AvgIpc) is 2.97. The zero-order chi connectivity index (χ0) is 13.9. The van der Waals surface area contributed by atoms with Gasteiger partial charge in [0.25, 0.3) is 5.89 Å². The minimum Gasteiger partial charge on any atom is -0.497 e. The van der Waals surface area contributed by atoms with Gasteiger partial charge in [0.15, 0.2) is 0 Å². The third-order valence-corrected chi connectivity index (χ3v) is 2.85. The van der Waals surface area contributed by atoms with Crippen molar-refractivity contribution in [3.05, 3.63) is 54.3 Å². The molecular weight excluding hydrogens is 259 g/mol. The molecule has 0 saturated heterocycles. The predicted molar refractivity (Wildman–Crippen MR) is 71.7 cm³/mol. The summed E-state index contributed by atoms with van der Waals surface area (Å²) in [6.07, 6.45) is 0. The van der Waals surface area contributed by atoms with E-state index in [0.717, 1.165) is 11.3 Å². The van der Waals surface area contributed by atoms with Crippen LogP contribution in [-0.2, 0) is 0 Å². The molecule has 0 saturated carbocycles. The number of hydrogen-bond donors (Lipinski definition) is 0. The molecule has 0 bridgehead atoms. The molecule has 0 aliphatic rings. The molecule has 100 valence electrons. The van der Waals surface area contributed by atoms with Gasteiger partial charge in [-0.2, -0.15) is 4.98 Å². The number of methoxy groups -OCH3 is 1. The standard InChI is InChI=1S/C15H11FN2O2/c1-19-13-7-5-10(6-8-13)14-17-15(20-18-14)11-3-2-4-12(16)9-11/h2-9H,1H3. The lowest BCUT2D eigenvalue weighted by atomic mass is 10.2. The van der Waals surface area contributed by atoms with Gasteiger partial charge in [-0.25, -0.2) is 4.39 Å². The van der Waals surface area contributed by atoms with Crippen LogP contribution in [0.25, 0.3) is 22.8 Å². The van der Waals surface area contributed by atoms with Crippen molar-refractivity contribution in [3.63, 3.8) is 0 Å². The fourth-order valence-electron chi connectivity index (χ4n) is 1.82. The van der Waals surface area contributed by atoms with Crippen molar-refractivity contribution in [1.82, 2.24) is 10.1 Å². The summed E-state index contributed by atoms with van der Waals surface area (Å²) < 4.78 is 23.4. The lowest BCUT2D eigenvalue weighted by molar-refractivity contribution is 0.415. The second kappa shape index (κ2) is 5.13. The minimum absolute atomic E-state index is 0.287. The van der Waals surface area contributed by atoms with Crippen LogP contribution in [0.2, 0.25) is 0 Å². The molecule has 0 amide bonds. The molecular formula is C15H11FN2O2. The van der Waals surface area contributed by atoms with Crippen LogP contribution in [0.1, 0.15) is 0 Å². The molecule has 0 radical (unpaired) electrons. The van der Waals surface area contributed by atoms with Crippen LogP contribution >= 0.6 is 0 Å². The second-order valence-corrected chi connectivity index (χ2v) is 4.16. The molecule has 0 atom stereocenters. The molecule has 0 fully saturated rings. The van der Waals surface area contributed by atoms with E-state index in [4.69, 9.17) is 9.26 Å². The van der Waals surface area contributed by atoms with Crippen LogP contribution in [0.5, 0.6) is 5.75 Å². The number of benzene rings is 2. The Morgan fingerprint density at radius 3 is 2.55 bits per heavy atom. The summed E-state index contributed by atoms with van der Waals surface area (Å²) in [7, 11) is 1.60. The maximum Gasteiger partial charge on any atom is 0.258 e. The molecule has 0 N–H and O–H groups in total. The van der Waals surface area contributed by atoms with Crippen molar-refractivity contribution in [2.45, 2.75) is 0 Å². The van der Waals surface area contributed by atoms with Crippen LogP contribution in [-0.4, -0.2) is 17.3 Å². The van der Waals surface area contributed by atoms with Gasteiger partial charge in [0.1, 0.15) is 11.6 Å². The molecule has 1 aromatic heterocycles. The lowest BCUT2D eigenvalue weighted by Crippen LogP contribution is -1.84. The van der Waals surface area contributed by atoms with E-state index < -0.39 is 0 Å². The molecule has 5 heteroatoms. The fourth-order valence-corrected chi connectivity index (χ4v) is 1.82. The van der Waals surface area contributed by atoms with Gasteiger partial charge >= 0.3 is 0 Å². The van der Waals surface area contributed by atoms with Crippen LogP contribution in [0, 0.1) is 5.82 Å². The van der Waals surface area contributed by atoms with Gasteiger partial charge in [0.2, 0.25) is 5.82 Å². The molecule has 3 rings (SSSR count). The van der Waals surface area contributed by atoms with E-state index in [-0.39, 0.29) is 11.7 Å². The van der Waals surface area contributed by atoms with Crippen molar-refractivity contribution in [2.24, 2.45) is 0 Å². The van der Waals surface area contributed by atoms with Crippen molar-refractivity contribution < 1.29 is 13.7 Å². The maximum atomic E-state index is 13.2. The van der Waals surface area contributed by atoms with Crippen molar-refractivity contribution >= 4 is 0 Å². The molecule has 0 unspecified atom stereocenters. The molecule has 0 spiro atoms. The van der Waals surface area contributed by atoms with Gasteiger partial charge in [0.05, 0.1) is 7.11 Å². The van der Waals surface area contributed by atoms with Crippen LogP contribution in [0.3, 0.4) is 0 Å². The normalized spacial score (nSPS) is 10.5. The van der Waals surface area contributed by atoms with Gasteiger partial charge in [-0.3, -0.25) is 0 Å². The van der Waals surface area contributed by atoms with E-state index in [0.29, 0.717) is 11.4 Å². The first-order valence-corrected chi connectivity index (χ1v) is 6.00. The highest BCUT2D eigenvalue weighted by atomic mass is 19.1. The summed E-state index contributed by atoms with van der Waals surface area (Å²) in [4.78, 5) is 4.26. The highest BCUT2D eigenvalue weighted by Gasteiger charge is 2.11. The number of aromatic nitrogens is 2. The van der Waals surface area contributed by atoms with Gasteiger partial charge < -0.3 is 9.26 Å². The zero-order valence-electron chi connectivity index (χ0n) is 10.7. The highest BCUT2D eigenvalue weighted by Crippen LogP contribution is 2.24. The van der Waals surface area contributed by atoms with Gasteiger partial charge in [-0.05, 0) is 42.5 Å². The number of nitrogens with zero attached hydrogens (tertiary/aromatic N) is 2. The Labute approximate surface area is 114 Å². The summed E-state index contributed by atoms with van der Waals surface area (Å²) in [5.41, 5.74) is 1.36. The molecule has 4 nitrogen and oxygen atoms in total. The van der Waals surface area contributed by atoms with Gasteiger partial charge in [0, 0.05) is 11.1 Å². The Kier molecular flexibility index (Phi) is 3.16. The zero-order valence-corrected chi connectivity index (χ0v) is 10.7. The predicted octanol–water partition coefficient (Wildman–Crippen LogP) is 3.55. The first-order valence-electron chi connectivity index (χ1n) is 6.00. The smallest absolute Gasteiger partial charge is 0.258 e. The van der Waals surface area contributed by atoms with Gasteiger partial charge in [-0.15, -0.1) is 0 Å². The maximum absolute atomic E-state index is 13.2. The SMILES string of the molecule is COc1ccc(-c2noc(-c3cccc(F)c3)n2)cc1. The first kappa shape index (κ1) is 12.3. The first-order chi connectivity index (χ1) is 9.76. The summed E-state index contributed by atoms with van der Waals surface area (Å²) in [6, 6.07) is 13.3. The van der Waals surface area contributed by atoms with E-state index >= 15 is 0 Å². The van der Waals surface area contributed by atoms with E-state index in [9.17, 15) is 4.39 Å². The second-order valence-electron chi connectivity index (χ2n) is 4.16.